The summed E-state index contributed by atoms with van der Waals surface area (Å²) in [4.78, 5) is 8.35. The van der Waals surface area contributed by atoms with Crippen molar-refractivity contribution in [3.8, 4) is 0 Å². The first-order chi connectivity index (χ1) is 10.1. The van der Waals surface area contributed by atoms with E-state index in [1.807, 2.05) is 17.9 Å². The van der Waals surface area contributed by atoms with Gasteiger partial charge in [-0.25, -0.2) is 4.98 Å². The molecule has 0 saturated heterocycles. The molecule has 0 aromatic carbocycles. The molecule has 6 heteroatoms. The third kappa shape index (κ3) is 4.28. The number of anilines is 1. The maximum Gasteiger partial charge on any atom is 0.185 e. The van der Waals surface area contributed by atoms with Gasteiger partial charge in [0.15, 0.2) is 5.13 Å². The number of hydrogen-bond donors (Lipinski definition) is 1. The fourth-order valence-corrected chi connectivity index (χ4v) is 3.30. The summed E-state index contributed by atoms with van der Waals surface area (Å²) in [6.45, 7) is 7.18. The van der Waals surface area contributed by atoms with Gasteiger partial charge in [0.05, 0.1) is 11.9 Å². The molecule has 2 heterocycles. The van der Waals surface area contributed by atoms with Crippen molar-refractivity contribution >= 4 is 16.5 Å². The normalized spacial score (nSPS) is 11.0. The molecular formula is C15H25N5S. The minimum absolute atomic E-state index is 0.840. The zero-order valence-corrected chi connectivity index (χ0v) is 14.2. The summed E-state index contributed by atoms with van der Waals surface area (Å²) in [5, 5.41) is 8.77. The van der Waals surface area contributed by atoms with Gasteiger partial charge < -0.3 is 10.2 Å². The van der Waals surface area contributed by atoms with Gasteiger partial charge in [0.25, 0.3) is 0 Å². The van der Waals surface area contributed by atoms with Crippen molar-refractivity contribution in [3.63, 3.8) is 0 Å². The number of hydrogen-bond acceptors (Lipinski definition) is 5. The molecule has 21 heavy (non-hydrogen) atoms. The first-order valence-electron chi connectivity index (χ1n) is 7.52. The van der Waals surface area contributed by atoms with Crippen molar-refractivity contribution in [1.29, 1.82) is 0 Å². The van der Waals surface area contributed by atoms with E-state index in [-0.39, 0.29) is 0 Å². The molecule has 0 radical (unpaired) electrons. The SMILES string of the molecule is CCCNCc1sc(N(C)Cc2cnn(C)c2)nc1CC. The maximum atomic E-state index is 4.79. The molecule has 0 amide bonds. The van der Waals surface area contributed by atoms with Crippen LogP contribution < -0.4 is 10.2 Å². The van der Waals surface area contributed by atoms with Crippen LogP contribution in [0.3, 0.4) is 0 Å². The Bertz CT molecular complexity index is 560. The fraction of sp³-hybridized carbons (Fsp3) is 0.600. The Balaban J connectivity index is 2.04. The van der Waals surface area contributed by atoms with E-state index < -0.39 is 0 Å². The maximum absolute atomic E-state index is 4.79. The number of thiazole rings is 1. The average Bonchev–Trinajstić information content (AvgIpc) is 3.05. The molecule has 2 aromatic rings. The highest BCUT2D eigenvalue weighted by Gasteiger charge is 2.13. The third-order valence-corrected chi connectivity index (χ3v) is 4.53. The van der Waals surface area contributed by atoms with Crippen LogP contribution in [-0.4, -0.2) is 28.4 Å². The van der Waals surface area contributed by atoms with E-state index in [0.717, 1.165) is 37.6 Å². The molecule has 0 atom stereocenters. The quantitative estimate of drug-likeness (QED) is 0.761. The molecule has 0 spiro atoms. The largest absolute Gasteiger partial charge is 0.347 e. The summed E-state index contributed by atoms with van der Waals surface area (Å²) < 4.78 is 1.84. The summed E-state index contributed by atoms with van der Waals surface area (Å²) in [5.74, 6) is 0. The van der Waals surface area contributed by atoms with Gasteiger partial charge >= 0.3 is 0 Å². The van der Waals surface area contributed by atoms with Gasteiger partial charge in [0, 0.05) is 43.8 Å². The number of nitrogens with zero attached hydrogens (tertiary/aromatic N) is 4. The molecule has 5 nitrogen and oxygen atoms in total. The van der Waals surface area contributed by atoms with Gasteiger partial charge in [-0.3, -0.25) is 4.68 Å². The lowest BCUT2D eigenvalue weighted by Crippen LogP contribution is -2.15. The first-order valence-corrected chi connectivity index (χ1v) is 8.33. The smallest absolute Gasteiger partial charge is 0.185 e. The van der Waals surface area contributed by atoms with E-state index in [1.54, 1.807) is 11.3 Å². The zero-order chi connectivity index (χ0) is 15.2. The van der Waals surface area contributed by atoms with E-state index in [2.05, 4.69) is 42.4 Å². The van der Waals surface area contributed by atoms with Gasteiger partial charge in [-0.15, -0.1) is 11.3 Å². The van der Waals surface area contributed by atoms with Crippen LogP contribution in [0.25, 0.3) is 0 Å². The molecule has 1 N–H and O–H groups in total. The molecule has 0 aliphatic heterocycles. The minimum atomic E-state index is 0.840. The van der Waals surface area contributed by atoms with Crippen LogP contribution in [0.2, 0.25) is 0 Å². The Hall–Kier alpha value is -1.40. The van der Waals surface area contributed by atoms with Gasteiger partial charge in [-0.05, 0) is 19.4 Å². The van der Waals surface area contributed by atoms with E-state index in [0.29, 0.717) is 0 Å². The van der Waals surface area contributed by atoms with E-state index >= 15 is 0 Å². The zero-order valence-electron chi connectivity index (χ0n) is 13.4. The molecule has 0 aliphatic rings. The molecule has 0 unspecified atom stereocenters. The lowest BCUT2D eigenvalue weighted by atomic mass is 10.3. The Labute approximate surface area is 131 Å². The van der Waals surface area contributed by atoms with Crippen molar-refractivity contribution in [2.45, 2.75) is 39.8 Å². The lowest BCUT2D eigenvalue weighted by Gasteiger charge is -2.14. The van der Waals surface area contributed by atoms with Crippen molar-refractivity contribution in [1.82, 2.24) is 20.1 Å². The standard InChI is InChI=1S/C15H25N5S/c1-5-7-16-9-14-13(6-2)18-15(21-14)19(3)10-12-8-17-20(4)11-12/h8,11,16H,5-7,9-10H2,1-4H3. The highest BCUT2D eigenvalue weighted by atomic mass is 32.1. The molecule has 2 rings (SSSR count). The Morgan fingerprint density at radius 2 is 2.19 bits per heavy atom. The Kier molecular flexibility index (Phi) is 5.76. The van der Waals surface area contributed by atoms with Crippen LogP contribution in [0.4, 0.5) is 5.13 Å². The monoisotopic (exact) mass is 307 g/mol. The summed E-state index contributed by atoms with van der Waals surface area (Å²) in [6, 6.07) is 0. The van der Waals surface area contributed by atoms with Gasteiger partial charge in [0.2, 0.25) is 0 Å². The molecule has 0 saturated carbocycles. The predicted octanol–water partition coefficient (Wildman–Crippen LogP) is 2.58. The van der Waals surface area contributed by atoms with Gasteiger partial charge in [-0.1, -0.05) is 13.8 Å². The Morgan fingerprint density at radius 1 is 1.38 bits per heavy atom. The highest BCUT2D eigenvalue weighted by Crippen LogP contribution is 2.27. The second kappa shape index (κ2) is 7.56. The van der Waals surface area contributed by atoms with Crippen LogP contribution >= 0.6 is 11.3 Å². The third-order valence-electron chi connectivity index (χ3n) is 3.32. The summed E-state index contributed by atoms with van der Waals surface area (Å²) >= 11 is 1.79. The highest BCUT2D eigenvalue weighted by molar-refractivity contribution is 7.15. The second-order valence-electron chi connectivity index (χ2n) is 5.27. The van der Waals surface area contributed by atoms with Crippen LogP contribution in [0, 0.1) is 0 Å². The molecule has 0 aliphatic carbocycles. The van der Waals surface area contributed by atoms with Crippen molar-refractivity contribution < 1.29 is 0 Å². The topological polar surface area (TPSA) is 46.0 Å². The summed E-state index contributed by atoms with van der Waals surface area (Å²) in [5.41, 5.74) is 2.43. The fourth-order valence-electron chi connectivity index (χ4n) is 2.22. The second-order valence-corrected chi connectivity index (χ2v) is 6.34. The Morgan fingerprint density at radius 3 is 2.81 bits per heavy atom. The van der Waals surface area contributed by atoms with E-state index in [4.69, 9.17) is 4.98 Å². The molecule has 0 fully saturated rings. The van der Waals surface area contributed by atoms with E-state index in [1.165, 1.54) is 16.1 Å². The number of aromatic nitrogens is 3. The van der Waals surface area contributed by atoms with Crippen molar-refractivity contribution in [3.05, 3.63) is 28.5 Å². The van der Waals surface area contributed by atoms with Gasteiger partial charge in [0.1, 0.15) is 0 Å². The first kappa shape index (κ1) is 16.0. The molecule has 2 aromatic heterocycles. The van der Waals surface area contributed by atoms with Crippen LogP contribution in [0.1, 0.15) is 36.4 Å². The van der Waals surface area contributed by atoms with Crippen LogP contribution in [-0.2, 0) is 26.6 Å². The number of nitrogens with one attached hydrogen (secondary N) is 1. The van der Waals surface area contributed by atoms with E-state index in [9.17, 15) is 0 Å². The van der Waals surface area contributed by atoms with Crippen molar-refractivity contribution in [2.24, 2.45) is 7.05 Å². The van der Waals surface area contributed by atoms with Gasteiger partial charge in [-0.2, -0.15) is 5.10 Å². The summed E-state index contributed by atoms with van der Waals surface area (Å²) in [6.07, 6.45) is 6.11. The predicted molar refractivity (Wildman–Crippen MR) is 88.8 cm³/mol. The van der Waals surface area contributed by atoms with Crippen LogP contribution in [0.15, 0.2) is 12.4 Å². The number of aryl methyl sites for hydroxylation is 2. The average molecular weight is 307 g/mol. The molecular weight excluding hydrogens is 282 g/mol. The molecule has 116 valence electrons. The van der Waals surface area contributed by atoms with Crippen LogP contribution in [0.5, 0.6) is 0 Å². The molecule has 0 bridgehead atoms. The summed E-state index contributed by atoms with van der Waals surface area (Å²) in [7, 11) is 4.04. The van der Waals surface area contributed by atoms with Crippen molar-refractivity contribution in [2.75, 3.05) is 18.5 Å². The number of rotatable bonds is 8. The lowest BCUT2D eigenvalue weighted by molar-refractivity contribution is 0.676. The minimum Gasteiger partial charge on any atom is -0.347 e.